The maximum atomic E-state index is 12.8. The number of carbonyl (C=O) groups excluding carboxylic acids is 1. The molecule has 150 valence electrons. The van der Waals surface area contributed by atoms with Gasteiger partial charge in [-0.1, -0.05) is 18.2 Å². The molecule has 1 N–H and O–H groups in total. The van der Waals surface area contributed by atoms with E-state index in [1.165, 1.54) is 12.1 Å². The van der Waals surface area contributed by atoms with E-state index in [-0.39, 0.29) is 16.8 Å². The molecule has 1 fully saturated rings. The average molecular weight is 402 g/mol. The molecule has 0 bridgehead atoms. The summed E-state index contributed by atoms with van der Waals surface area (Å²) in [6.07, 6.45) is 1.90. The second-order valence-corrected chi connectivity index (χ2v) is 9.08. The maximum Gasteiger partial charge on any atom is 0.261 e. The topological polar surface area (TPSA) is 69.7 Å². The zero-order valence-electron chi connectivity index (χ0n) is 16.6. The molecule has 0 saturated carbocycles. The number of nitrogens with one attached hydrogen (secondary N) is 1. The number of carbonyl (C=O) groups is 1. The number of aryl methyl sites for hydroxylation is 1. The zero-order chi connectivity index (χ0) is 20.3. The van der Waals surface area contributed by atoms with Crippen LogP contribution < -0.4 is 4.72 Å². The molecule has 0 aliphatic carbocycles. The van der Waals surface area contributed by atoms with E-state index in [9.17, 15) is 13.2 Å². The van der Waals surface area contributed by atoms with Crippen molar-refractivity contribution in [2.24, 2.45) is 0 Å². The first-order valence-corrected chi connectivity index (χ1v) is 10.9. The monoisotopic (exact) mass is 401 g/mol. The van der Waals surface area contributed by atoms with Crippen molar-refractivity contribution in [2.75, 3.05) is 31.9 Å². The summed E-state index contributed by atoms with van der Waals surface area (Å²) in [5.41, 5.74) is 1.89. The van der Waals surface area contributed by atoms with Crippen LogP contribution in [0.2, 0.25) is 0 Å². The van der Waals surface area contributed by atoms with Gasteiger partial charge in [0.25, 0.3) is 15.9 Å². The Morgan fingerprint density at radius 1 is 1.07 bits per heavy atom. The van der Waals surface area contributed by atoms with Gasteiger partial charge in [-0.3, -0.25) is 9.52 Å². The van der Waals surface area contributed by atoms with Crippen molar-refractivity contribution in [3.8, 4) is 0 Å². The highest BCUT2D eigenvalue weighted by atomic mass is 32.2. The van der Waals surface area contributed by atoms with E-state index < -0.39 is 10.0 Å². The molecule has 2 aromatic rings. The number of benzene rings is 2. The number of amides is 1. The smallest absolute Gasteiger partial charge is 0.261 e. The molecule has 6 nitrogen and oxygen atoms in total. The SMILES string of the molecule is Cc1ccccc1NS(=O)(=O)c1ccc(C(=O)N(C)C2CCN(C)CC2)cc1. The number of piperidine rings is 1. The highest BCUT2D eigenvalue weighted by Gasteiger charge is 2.25. The van der Waals surface area contributed by atoms with Crippen LogP contribution in [0.15, 0.2) is 53.4 Å². The van der Waals surface area contributed by atoms with Gasteiger partial charge < -0.3 is 9.80 Å². The van der Waals surface area contributed by atoms with Gasteiger partial charge in [-0.05, 0) is 75.8 Å². The van der Waals surface area contributed by atoms with E-state index in [1.807, 2.05) is 26.1 Å². The predicted molar refractivity (Wildman–Crippen MR) is 111 cm³/mol. The van der Waals surface area contributed by atoms with E-state index in [2.05, 4.69) is 16.7 Å². The van der Waals surface area contributed by atoms with Gasteiger partial charge >= 0.3 is 0 Å². The van der Waals surface area contributed by atoms with Crippen molar-refractivity contribution in [1.82, 2.24) is 9.80 Å². The van der Waals surface area contributed by atoms with Crippen molar-refractivity contribution < 1.29 is 13.2 Å². The lowest BCUT2D eigenvalue weighted by molar-refractivity contribution is 0.0659. The third-order valence-electron chi connectivity index (χ3n) is 5.36. The molecule has 0 atom stereocenters. The van der Waals surface area contributed by atoms with Gasteiger partial charge in [0.15, 0.2) is 0 Å². The van der Waals surface area contributed by atoms with Crippen molar-refractivity contribution in [2.45, 2.75) is 30.7 Å². The van der Waals surface area contributed by atoms with Crippen LogP contribution in [-0.2, 0) is 10.0 Å². The van der Waals surface area contributed by atoms with Crippen molar-refractivity contribution in [3.63, 3.8) is 0 Å². The Hall–Kier alpha value is -2.38. The Kier molecular flexibility index (Phi) is 6.05. The molecule has 7 heteroatoms. The van der Waals surface area contributed by atoms with Gasteiger partial charge in [0, 0.05) is 18.7 Å². The Bertz CT molecular complexity index is 934. The number of nitrogens with zero attached hydrogens (tertiary/aromatic N) is 2. The molecule has 3 rings (SSSR count). The van der Waals surface area contributed by atoms with Crippen LogP contribution in [0.25, 0.3) is 0 Å². The highest BCUT2D eigenvalue weighted by molar-refractivity contribution is 7.92. The summed E-state index contributed by atoms with van der Waals surface area (Å²) in [6.45, 7) is 3.80. The van der Waals surface area contributed by atoms with Crippen LogP contribution in [0.3, 0.4) is 0 Å². The molecule has 1 amide bonds. The summed E-state index contributed by atoms with van der Waals surface area (Å²) in [4.78, 5) is 16.9. The number of anilines is 1. The number of hydrogen-bond donors (Lipinski definition) is 1. The fraction of sp³-hybridized carbons (Fsp3) is 0.381. The fourth-order valence-corrected chi connectivity index (χ4v) is 4.55. The highest BCUT2D eigenvalue weighted by Crippen LogP contribution is 2.21. The van der Waals surface area contributed by atoms with Gasteiger partial charge in [0.2, 0.25) is 0 Å². The molecule has 1 aliphatic heterocycles. The Balaban J connectivity index is 1.72. The Morgan fingerprint density at radius 2 is 1.68 bits per heavy atom. The van der Waals surface area contributed by atoms with Crippen LogP contribution in [0.5, 0.6) is 0 Å². The normalized spacial score (nSPS) is 16.0. The first-order chi connectivity index (χ1) is 13.3. The number of hydrogen-bond acceptors (Lipinski definition) is 4. The van der Waals surface area contributed by atoms with E-state index in [1.54, 1.807) is 29.2 Å². The molecular weight excluding hydrogens is 374 g/mol. The molecule has 28 heavy (non-hydrogen) atoms. The number of sulfonamides is 1. The Morgan fingerprint density at radius 3 is 2.29 bits per heavy atom. The number of likely N-dealkylation sites (tertiary alicyclic amines) is 1. The van der Waals surface area contributed by atoms with Gasteiger partial charge in [0.1, 0.15) is 0 Å². The molecule has 1 heterocycles. The molecule has 0 radical (unpaired) electrons. The summed E-state index contributed by atoms with van der Waals surface area (Å²) in [5.74, 6) is -0.0784. The minimum atomic E-state index is -3.71. The van der Waals surface area contributed by atoms with Crippen LogP contribution >= 0.6 is 0 Å². The minimum absolute atomic E-state index is 0.0784. The standard InChI is InChI=1S/C21H27N3O3S/c1-16-6-4-5-7-20(16)22-28(26,27)19-10-8-17(9-11-19)21(25)24(3)18-12-14-23(2)15-13-18/h4-11,18,22H,12-15H2,1-3H3. The Labute approximate surface area is 167 Å². The lowest BCUT2D eigenvalue weighted by atomic mass is 10.0. The zero-order valence-corrected chi connectivity index (χ0v) is 17.4. The summed E-state index contributed by atoms with van der Waals surface area (Å²) in [6, 6.07) is 13.6. The number of rotatable bonds is 5. The molecule has 0 spiro atoms. The molecular formula is C21H27N3O3S. The summed E-state index contributed by atoms with van der Waals surface area (Å²) in [5, 5.41) is 0. The molecule has 0 aromatic heterocycles. The summed E-state index contributed by atoms with van der Waals surface area (Å²) in [7, 11) is 0.202. The molecule has 2 aromatic carbocycles. The third-order valence-corrected chi connectivity index (χ3v) is 6.74. The van der Waals surface area contributed by atoms with Gasteiger partial charge in [-0.15, -0.1) is 0 Å². The van der Waals surface area contributed by atoms with Crippen molar-refractivity contribution >= 4 is 21.6 Å². The van der Waals surface area contributed by atoms with E-state index >= 15 is 0 Å². The lowest BCUT2D eigenvalue weighted by Crippen LogP contribution is -2.44. The van der Waals surface area contributed by atoms with Gasteiger partial charge in [0.05, 0.1) is 10.6 Å². The average Bonchev–Trinajstić information content (AvgIpc) is 2.69. The van der Waals surface area contributed by atoms with Crippen LogP contribution in [0.1, 0.15) is 28.8 Å². The molecule has 0 unspecified atom stereocenters. The molecule has 1 aliphatic rings. The minimum Gasteiger partial charge on any atom is -0.339 e. The fourth-order valence-electron chi connectivity index (χ4n) is 3.42. The largest absolute Gasteiger partial charge is 0.339 e. The summed E-state index contributed by atoms with van der Waals surface area (Å²) < 4.78 is 27.9. The van der Waals surface area contributed by atoms with E-state index in [0.717, 1.165) is 31.5 Å². The van der Waals surface area contributed by atoms with Crippen molar-refractivity contribution in [1.29, 1.82) is 0 Å². The first kappa shape index (κ1) is 20.4. The lowest BCUT2D eigenvalue weighted by Gasteiger charge is -2.35. The van der Waals surface area contributed by atoms with Crippen molar-refractivity contribution in [3.05, 3.63) is 59.7 Å². The second kappa shape index (κ2) is 8.32. The number of para-hydroxylation sites is 1. The first-order valence-electron chi connectivity index (χ1n) is 9.42. The second-order valence-electron chi connectivity index (χ2n) is 7.40. The van der Waals surface area contributed by atoms with E-state index in [4.69, 9.17) is 0 Å². The summed E-state index contributed by atoms with van der Waals surface area (Å²) >= 11 is 0. The van der Waals surface area contributed by atoms with Crippen LogP contribution in [0.4, 0.5) is 5.69 Å². The van der Waals surface area contributed by atoms with Gasteiger partial charge in [-0.25, -0.2) is 8.42 Å². The quantitative estimate of drug-likeness (QED) is 0.836. The van der Waals surface area contributed by atoms with Gasteiger partial charge in [-0.2, -0.15) is 0 Å². The third kappa shape index (κ3) is 4.54. The predicted octanol–water partition coefficient (Wildman–Crippen LogP) is 2.96. The maximum absolute atomic E-state index is 12.8. The molecule has 1 saturated heterocycles. The van der Waals surface area contributed by atoms with Crippen LogP contribution in [-0.4, -0.2) is 57.4 Å². The van der Waals surface area contributed by atoms with E-state index in [0.29, 0.717) is 11.3 Å². The van der Waals surface area contributed by atoms with Crippen LogP contribution in [0, 0.1) is 6.92 Å².